The molecule has 39 heavy (non-hydrogen) atoms. The lowest BCUT2D eigenvalue weighted by molar-refractivity contribution is -0.169. The van der Waals surface area contributed by atoms with Crippen LogP contribution in [0, 0.1) is 5.82 Å². The first kappa shape index (κ1) is 29.9. The fraction of sp³-hybridized carbons (Fsp3) is 0.500. The lowest BCUT2D eigenvalue weighted by Gasteiger charge is -2.33. The van der Waals surface area contributed by atoms with E-state index in [1.165, 1.54) is 18.2 Å². The molecule has 1 aliphatic rings. The summed E-state index contributed by atoms with van der Waals surface area (Å²) in [5, 5.41) is 3.29. The van der Waals surface area contributed by atoms with Crippen LogP contribution in [0.15, 0.2) is 48.5 Å². The maximum atomic E-state index is 14.4. The van der Waals surface area contributed by atoms with Crippen molar-refractivity contribution >= 4 is 23.7 Å². The SMILES string of the molecule is CC(C)(C)OC(=O)C(C(=O)OC(C)(C)C)c1ccc(F)cc1NC1CCN(C(=O)OCc2ccccc2)CC1. The van der Waals surface area contributed by atoms with Crippen molar-refractivity contribution < 1.29 is 33.0 Å². The van der Waals surface area contributed by atoms with Gasteiger partial charge in [0.05, 0.1) is 0 Å². The highest BCUT2D eigenvalue weighted by atomic mass is 19.1. The predicted octanol–water partition coefficient (Wildman–Crippen LogP) is 5.81. The summed E-state index contributed by atoms with van der Waals surface area (Å²) in [4.78, 5) is 40.6. The van der Waals surface area contributed by atoms with Gasteiger partial charge in [-0.3, -0.25) is 9.59 Å². The molecule has 1 saturated heterocycles. The number of hydrogen-bond donors (Lipinski definition) is 1. The van der Waals surface area contributed by atoms with E-state index >= 15 is 0 Å². The minimum absolute atomic E-state index is 0.123. The van der Waals surface area contributed by atoms with Crippen molar-refractivity contribution in [2.45, 2.75) is 84.2 Å². The monoisotopic (exact) mass is 542 g/mol. The third kappa shape index (κ3) is 9.26. The van der Waals surface area contributed by atoms with Gasteiger partial charge in [0.1, 0.15) is 23.6 Å². The zero-order chi connectivity index (χ0) is 28.8. The number of likely N-dealkylation sites (tertiary alicyclic amines) is 1. The zero-order valence-electron chi connectivity index (χ0n) is 23.6. The number of esters is 2. The van der Waals surface area contributed by atoms with Gasteiger partial charge < -0.3 is 24.4 Å². The minimum Gasteiger partial charge on any atom is -0.459 e. The number of piperidine rings is 1. The standard InChI is InChI=1S/C30H39FN2O6/c1-29(2,3)38-26(34)25(27(35)39-30(4,5)6)23-13-12-21(31)18-24(23)32-22-14-16-33(17-15-22)28(36)37-19-20-10-8-7-9-11-20/h7-13,18,22,25,32H,14-17,19H2,1-6H3. The second-order valence-corrected chi connectivity index (χ2v) is 11.7. The number of nitrogens with zero attached hydrogens (tertiary/aromatic N) is 1. The van der Waals surface area contributed by atoms with Gasteiger partial charge in [0.25, 0.3) is 0 Å². The lowest BCUT2D eigenvalue weighted by atomic mass is 9.95. The number of carbonyl (C=O) groups is 3. The summed E-state index contributed by atoms with van der Waals surface area (Å²) in [5.41, 5.74) is -0.197. The maximum Gasteiger partial charge on any atom is 0.410 e. The van der Waals surface area contributed by atoms with Gasteiger partial charge >= 0.3 is 18.0 Å². The van der Waals surface area contributed by atoms with E-state index in [1.54, 1.807) is 46.4 Å². The first-order valence-electron chi connectivity index (χ1n) is 13.2. The average Bonchev–Trinajstić information content (AvgIpc) is 2.83. The highest BCUT2D eigenvalue weighted by molar-refractivity contribution is 6.02. The Morgan fingerprint density at radius 1 is 0.923 bits per heavy atom. The third-order valence-corrected chi connectivity index (χ3v) is 5.93. The molecule has 0 saturated carbocycles. The van der Waals surface area contributed by atoms with Crippen LogP contribution in [-0.4, -0.2) is 53.3 Å². The van der Waals surface area contributed by atoms with E-state index in [0.29, 0.717) is 31.6 Å². The van der Waals surface area contributed by atoms with Crippen LogP contribution in [-0.2, 0) is 30.4 Å². The first-order valence-corrected chi connectivity index (χ1v) is 13.2. The number of anilines is 1. The van der Waals surface area contributed by atoms with Gasteiger partial charge in [0.2, 0.25) is 0 Å². The largest absolute Gasteiger partial charge is 0.459 e. The Balaban J connectivity index is 1.73. The summed E-state index contributed by atoms with van der Waals surface area (Å²) in [6.07, 6.45) is 0.749. The summed E-state index contributed by atoms with van der Waals surface area (Å²) in [6.45, 7) is 11.3. The second kappa shape index (κ2) is 12.5. The molecule has 1 fully saturated rings. The molecule has 0 atom stereocenters. The molecular formula is C30H39FN2O6. The average molecular weight is 543 g/mol. The Bertz CT molecular complexity index is 1120. The van der Waals surface area contributed by atoms with Crippen molar-refractivity contribution in [2.24, 2.45) is 0 Å². The Morgan fingerprint density at radius 2 is 1.49 bits per heavy atom. The molecule has 2 aromatic carbocycles. The number of nitrogens with one attached hydrogen (secondary N) is 1. The molecule has 9 heteroatoms. The summed E-state index contributed by atoms with van der Waals surface area (Å²) >= 11 is 0. The maximum absolute atomic E-state index is 14.4. The summed E-state index contributed by atoms with van der Waals surface area (Å²) < 4.78 is 30.9. The van der Waals surface area contributed by atoms with Crippen molar-refractivity contribution in [3.05, 3.63) is 65.5 Å². The van der Waals surface area contributed by atoms with Crippen LogP contribution >= 0.6 is 0 Å². The van der Waals surface area contributed by atoms with E-state index in [1.807, 2.05) is 30.3 Å². The van der Waals surface area contributed by atoms with E-state index in [9.17, 15) is 18.8 Å². The number of hydrogen-bond acceptors (Lipinski definition) is 7. The van der Waals surface area contributed by atoms with E-state index in [0.717, 1.165) is 5.56 Å². The molecule has 1 heterocycles. The van der Waals surface area contributed by atoms with E-state index in [2.05, 4.69) is 5.32 Å². The normalized spacial score (nSPS) is 14.6. The van der Waals surface area contributed by atoms with Crippen molar-refractivity contribution in [3.63, 3.8) is 0 Å². The Kier molecular flexibility index (Phi) is 9.59. The number of benzene rings is 2. The molecule has 0 bridgehead atoms. The molecule has 3 rings (SSSR count). The van der Waals surface area contributed by atoms with Crippen molar-refractivity contribution in [1.29, 1.82) is 0 Å². The third-order valence-electron chi connectivity index (χ3n) is 5.93. The number of carbonyl (C=O) groups excluding carboxylic acids is 3. The molecular weight excluding hydrogens is 503 g/mol. The molecule has 0 radical (unpaired) electrons. The van der Waals surface area contributed by atoms with Gasteiger partial charge in [-0.15, -0.1) is 0 Å². The topological polar surface area (TPSA) is 94.2 Å². The second-order valence-electron chi connectivity index (χ2n) is 11.7. The van der Waals surface area contributed by atoms with Crippen LogP contribution in [0.25, 0.3) is 0 Å². The van der Waals surface area contributed by atoms with E-state index in [-0.39, 0.29) is 18.2 Å². The van der Waals surface area contributed by atoms with Crippen molar-refractivity contribution in [2.75, 3.05) is 18.4 Å². The molecule has 0 spiro atoms. The van der Waals surface area contributed by atoms with Crippen LogP contribution < -0.4 is 5.32 Å². The molecule has 0 unspecified atom stereocenters. The summed E-state index contributed by atoms with van der Waals surface area (Å²) in [6, 6.07) is 13.2. The van der Waals surface area contributed by atoms with E-state index < -0.39 is 41.0 Å². The van der Waals surface area contributed by atoms with Gasteiger partial charge in [-0.1, -0.05) is 36.4 Å². The molecule has 2 aromatic rings. The highest BCUT2D eigenvalue weighted by Crippen LogP contribution is 2.32. The van der Waals surface area contributed by atoms with Crippen molar-refractivity contribution in [3.8, 4) is 0 Å². The first-order chi connectivity index (χ1) is 18.2. The Hall–Kier alpha value is -3.62. The number of rotatable bonds is 7. The lowest BCUT2D eigenvalue weighted by Crippen LogP contribution is -2.43. The van der Waals surface area contributed by atoms with Gasteiger partial charge in [-0.25, -0.2) is 9.18 Å². The quantitative estimate of drug-likeness (QED) is 0.268. The highest BCUT2D eigenvalue weighted by Gasteiger charge is 2.38. The molecule has 1 N–H and O–H groups in total. The molecule has 8 nitrogen and oxygen atoms in total. The number of halogens is 1. The Morgan fingerprint density at radius 3 is 2.03 bits per heavy atom. The van der Waals surface area contributed by atoms with Gasteiger partial charge in [-0.2, -0.15) is 0 Å². The minimum atomic E-state index is -1.40. The zero-order valence-corrected chi connectivity index (χ0v) is 23.6. The van der Waals surface area contributed by atoms with Crippen LogP contribution in [0.4, 0.5) is 14.9 Å². The fourth-order valence-electron chi connectivity index (χ4n) is 4.21. The molecule has 1 amide bonds. The molecule has 1 aliphatic heterocycles. The van der Waals surface area contributed by atoms with Gasteiger partial charge in [-0.05, 0) is 72.1 Å². The summed E-state index contributed by atoms with van der Waals surface area (Å²) in [7, 11) is 0. The van der Waals surface area contributed by atoms with Crippen LogP contribution in [0.3, 0.4) is 0 Å². The fourth-order valence-corrected chi connectivity index (χ4v) is 4.21. The van der Waals surface area contributed by atoms with Crippen molar-refractivity contribution in [1.82, 2.24) is 4.90 Å². The van der Waals surface area contributed by atoms with E-state index in [4.69, 9.17) is 14.2 Å². The molecule has 0 aliphatic carbocycles. The van der Waals surface area contributed by atoms with Crippen LogP contribution in [0.1, 0.15) is 71.4 Å². The summed E-state index contributed by atoms with van der Waals surface area (Å²) in [5.74, 6) is -3.47. The Labute approximate surface area is 229 Å². The van der Waals surface area contributed by atoms with Crippen LogP contribution in [0.2, 0.25) is 0 Å². The smallest absolute Gasteiger partial charge is 0.410 e. The number of ether oxygens (including phenoxy) is 3. The predicted molar refractivity (Wildman–Crippen MR) is 146 cm³/mol. The number of amides is 1. The van der Waals surface area contributed by atoms with Gasteiger partial charge in [0.15, 0.2) is 5.92 Å². The molecule has 212 valence electrons. The molecule has 0 aromatic heterocycles. The van der Waals surface area contributed by atoms with Crippen LogP contribution in [0.5, 0.6) is 0 Å². The van der Waals surface area contributed by atoms with Gasteiger partial charge in [0, 0.05) is 30.4 Å².